The van der Waals surface area contributed by atoms with Crippen LogP contribution in [0.25, 0.3) is 0 Å². The molecule has 0 fully saturated rings. The number of hydrogen-bond donors (Lipinski definition) is 1. The van der Waals surface area contributed by atoms with Crippen molar-refractivity contribution in [1.82, 2.24) is 0 Å². The summed E-state index contributed by atoms with van der Waals surface area (Å²) < 4.78 is 10.1. The summed E-state index contributed by atoms with van der Waals surface area (Å²) in [4.78, 5) is 11.7. The molecule has 0 saturated heterocycles. The Morgan fingerprint density at radius 1 is 1.39 bits per heavy atom. The molecule has 18 heavy (non-hydrogen) atoms. The number of rotatable bonds is 6. The van der Waals surface area contributed by atoms with Crippen LogP contribution >= 0.6 is 0 Å². The average Bonchev–Trinajstić information content (AvgIpc) is 2.39. The molecule has 0 heterocycles. The van der Waals surface area contributed by atoms with Gasteiger partial charge in [-0.1, -0.05) is 0 Å². The van der Waals surface area contributed by atoms with Crippen LogP contribution in [0.15, 0.2) is 24.3 Å². The molecule has 1 unspecified atom stereocenters. The van der Waals surface area contributed by atoms with Crippen LogP contribution in [0.5, 0.6) is 0 Å². The summed E-state index contributed by atoms with van der Waals surface area (Å²) in [7, 11) is 1.57. The first-order valence-corrected chi connectivity index (χ1v) is 5.59. The molecule has 0 aromatic heterocycles. The fraction of sp³-hybridized carbons (Fsp3) is 0.385. The third kappa shape index (κ3) is 4.53. The second-order valence-electron chi connectivity index (χ2n) is 3.68. The molecule has 0 bridgehead atoms. The number of ether oxygens (including phenoxy) is 2. The molecule has 0 aliphatic heterocycles. The minimum atomic E-state index is -0.546. The zero-order valence-electron chi connectivity index (χ0n) is 10.5. The van der Waals surface area contributed by atoms with Crippen molar-refractivity contribution in [1.29, 1.82) is 5.26 Å². The summed E-state index contributed by atoms with van der Waals surface area (Å²) in [5, 5.41) is 11.4. The SMILES string of the molecule is COCCOC(C)C(=O)Nc1ccc(C#N)cc1. The average molecular weight is 248 g/mol. The number of benzene rings is 1. The van der Waals surface area contributed by atoms with E-state index in [1.54, 1.807) is 38.3 Å². The van der Waals surface area contributed by atoms with E-state index >= 15 is 0 Å². The molecule has 1 atom stereocenters. The molecule has 1 aromatic carbocycles. The van der Waals surface area contributed by atoms with Crippen molar-refractivity contribution in [3.05, 3.63) is 29.8 Å². The van der Waals surface area contributed by atoms with Crippen LogP contribution in [0.4, 0.5) is 5.69 Å². The van der Waals surface area contributed by atoms with E-state index in [4.69, 9.17) is 14.7 Å². The zero-order chi connectivity index (χ0) is 13.4. The zero-order valence-corrected chi connectivity index (χ0v) is 10.5. The Morgan fingerprint density at radius 3 is 2.61 bits per heavy atom. The minimum Gasteiger partial charge on any atom is -0.382 e. The Morgan fingerprint density at radius 2 is 2.06 bits per heavy atom. The first-order chi connectivity index (χ1) is 8.67. The van der Waals surface area contributed by atoms with Gasteiger partial charge in [0.1, 0.15) is 6.10 Å². The van der Waals surface area contributed by atoms with Crippen LogP contribution in [-0.2, 0) is 14.3 Å². The lowest BCUT2D eigenvalue weighted by Gasteiger charge is -2.13. The molecule has 0 saturated carbocycles. The Bertz CT molecular complexity index is 423. The maximum Gasteiger partial charge on any atom is 0.253 e. The standard InChI is InChI=1S/C13H16N2O3/c1-10(18-8-7-17-2)13(16)15-12-5-3-11(9-14)4-6-12/h3-6,10H,7-8H2,1-2H3,(H,15,16). The van der Waals surface area contributed by atoms with E-state index in [1.165, 1.54) is 0 Å². The molecule has 96 valence electrons. The van der Waals surface area contributed by atoms with E-state index in [1.807, 2.05) is 6.07 Å². The quantitative estimate of drug-likeness (QED) is 0.775. The van der Waals surface area contributed by atoms with Gasteiger partial charge in [-0.15, -0.1) is 0 Å². The van der Waals surface area contributed by atoms with Crippen LogP contribution in [-0.4, -0.2) is 32.3 Å². The molecule has 0 aliphatic rings. The van der Waals surface area contributed by atoms with Crippen molar-refractivity contribution in [3.8, 4) is 6.07 Å². The Labute approximate surface area is 106 Å². The number of methoxy groups -OCH3 is 1. The molecular weight excluding hydrogens is 232 g/mol. The van der Waals surface area contributed by atoms with Gasteiger partial charge in [-0.25, -0.2) is 0 Å². The van der Waals surface area contributed by atoms with Crippen molar-refractivity contribution < 1.29 is 14.3 Å². The minimum absolute atomic E-state index is 0.226. The van der Waals surface area contributed by atoms with Gasteiger partial charge in [0, 0.05) is 12.8 Å². The molecule has 0 radical (unpaired) electrons. The van der Waals surface area contributed by atoms with Crippen molar-refractivity contribution in [2.75, 3.05) is 25.6 Å². The number of nitrogens with zero attached hydrogens (tertiary/aromatic N) is 1. The van der Waals surface area contributed by atoms with Crippen LogP contribution in [0.2, 0.25) is 0 Å². The summed E-state index contributed by atoms with van der Waals surface area (Å²) in [6.45, 7) is 2.50. The third-order valence-corrected chi connectivity index (χ3v) is 2.31. The molecule has 1 amide bonds. The lowest BCUT2D eigenvalue weighted by Crippen LogP contribution is -2.28. The second kappa shape index (κ2) is 7.43. The number of nitrogens with one attached hydrogen (secondary N) is 1. The second-order valence-corrected chi connectivity index (χ2v) is 3.68. The predicted molar refractivity (Wildman–Crippen MR) is 67.1 cm³/mol. The Hall–Kier alpha value is -1.90. The van der Waals surface area contributed by atoms with Gasteiger partial charge in [-0.2, -0.15) is 5.26 Å². The molecule has 1 aromatic rings. The van der Waals surface area contributed by atoms with Crippen molar-refractivity contribution in [2.45, 2.75) is 13.0 Å². The highest BCUT2D eigenvalue weighted by molar-refractivity contribution is 5.93. The van der Waals surface area contributed by atoms with Gasteiger partial charge >= 0.3 is 0 Å². The normalized spacial score (nSPS) is 11.6. The van der Waals surface area contributed by atoms with E-state index in [9.17, 15) is 4.79 Å². The fourth-order valence-electron chi connectivity index (χ4n) is 1.26. The summed E-state index contributed by atoms with van der Waals surface area (Å²) in [6.07, 6.45) is -0.546. The molecule has 1 N–H and O–H groups in total. The smallest absolute Gasteiger partial charge is 0.253 e. The fourth-order valence-corrected chi connectivity index (χ4v) is 1.26. The van der Waals surface area contributed by atoms with Gasteiger partial charge in [0.05, 0.1) is 24.8 Å². The van der Waals surface area contributed by atoms with Crippen molar-refractivity contribution in [3.63, 3.8) is 0 Å². The maximum absolute atomic E-state index is 11.7. The van der Waals surface area contributed by atoms with Gasteiger partial charge in [-0.3, -0.25) is 4.79 Å². The number of carbonyl (C=O) groups is 1. The number of nitriles is 1. The number of carbonyl (C=O) groups excluding carboxylic acids is 1. The number of anilines is 1. The predicted octanol–water partition coefficient (Wildman–Crippen LogP) is 1.55. The van der Waals surface area contributed by atoms with Gasteiger partial charge in [-0.05, 0) is 31.2 Å². The maximum atomic E-state index is 11.7. The van der Waals surface area contributed by atoms with Crippen LogP contribution in [0, 0.1) is 11.3 Å². The first kappa shape index (κ1) is 14.2. The summed E-state index contributed by atoms with van der Waals surface area (Å²) in [6, 6.07) is 8.66. The van der Waals surface area contributed by atoms with E-state index in [2.05, 4.69) is 5.32 Å². The van der Waals surface area contributed by atoms with E-state index in [0.717, 1.165) is 0 Å². The van der Waals surface area contributed by atoms with Crippen molar-refractivity contribution in [2.24, 2.45) is 0 Å². The highest BCUT2D eigenvalue weighted by atomic mass is 16.5. The number of amides is 1. The largest absolute Gasteiger partial charge is 0.382 e. The highest BCUT2D eigenvalue weighted by Crippen LogP contribution is 2.09. The summed E-state index contributed by atoms with van der Waals surface area (Å²) in [5.74, 6) is -0.226. The van der Waals surface area contributed by atoms with Crippen LogP contribution in [0.3, 0.4) is 0 Å². The lowest BCUT2D eigenvalue weighted by molar-refractivity contribution is -0.127. The van der Waals surface area contributed by atoms with Crippen LogP contribution in [0.1, 0.15) is 12.5 Å². The van der Waals surface area contributed by atoms with Gasteiger partial charge < -0.3 is 14.8 Å². The lowest BCUT2D eigenvalue weighted by atomic mass is 10.2. The van der Waals surface area contributed by atoms with E-state index in [0.29, 0.717) is 24.5 Å². The third-order valence-electron chi connectivity index (χ3n) is 2.31. The van der Waals surface area contributed by atoms with Gasteiger partial charge in [0.25, 0.3) is 5.91 Å². The molecule has 5 heteroatoms. The topological polar surface area (TPSA) is 71.3 Å². The Balaban J connectivity index is 2.45. The first-order valence-electron chi connectivity index (χ1n) is 5.59. The van der Waals surface area contributed by atoms with E-state index < -0.39 is 6.10 Å². The van der Waals surface area contributed by atoms with Gasteiger partial charge in [0.2, 0.25) is 0 Å². The van der Waals surface area contributed by atoms with E-state index in [-0.39, 0.29) is 5.91 Å². The van der Waals surface area contributed by atoms with Crippen LogP contribution < -0.4 is 5.32 Å². The Kier molecular flexibility index (Phi) is 5.85. The molecule has 1 rings (SSSR count). The monoisotopic (exact) mass is 248 g/mol. The molecule has 5 nitrogen and oxygen atoms in total. The summed E-state index contributed by atoms with van der Waals surface area (Å²) >= 11 is 0. The molecule has 0 spiro atoms. The molecular formula is C13H16N2O3. The molecule has 0 aliphatic carbocycles. The highest BCUT2D eigenvalue weighted by Gasteiger charge is 2.13. The summed E-state index contributed by atoms with van der Waals surface area (Å²) in [5.41, 5.74) is 1.19. The van der Waals surface area contributed by atoms with Crippen molar-refractivity contribution >= 4 is 11.6 Å². The number of hydrogen-bond acceptors (Lipinski definition) is 4. The van der Waals surface area contributed by atoms with Gasteiger partial charge in [0.15, 0.2) is 0 Å².